The molecule has 1 aliphatic carbocycles. The van der Waals surface area contributed by atoms with Gasteiger partial charge in [0.2, 0.25) is 10.0 Å². The first-order chi connectivity index (χ1) is 15.1. The molecule has 1 fully saturated rings. The van der Waals surface area contributed by atoms with Gasteiger partial charge in [-0.1, -0.05) is 0 Å². The highest BCUT2D eigenvalue weighted by molar-refractivity contribution is 7.89. The fourth-order valence-electron chi connectivity index (χ4n) is 3.10. The van der Waals surface area contributed by atoms with Crippen LogP contribution in [0.4, 0.5) is 24.7 Å². The van der Waals surface area contributed by atoms with Gasteiger partial charge < -0.3 is 9.88 Å². The average molecular weight is 483 g/mol. The van der Waals surface area contributed by atoms with Crippen LogP contribution in [0.25, 0.3) is 11.3 Å². The third-order valence-corrected chi connectivity index (χ3v) is 7.79. The summed E-state index contributed by atoms with van der Waals surface area (Å²) in [6.45, 7) is 0. The molecule has 170 valence electrons. The number of rotatable bonds is 7. The number of nitrogens with zero attached hydrogens (tertiary/aromatic N) is 4. The number of alkyl halides is 3. The molecule has 0 amide bonds. The van der Waals surface area contributed by atoms with Crippen molar-refractivity contribution in [2.24, 2.45) is 0 Å². The highest BCUT2D eigenvalue weighted by Gasteiger charge is 2.31. The first-order valence-corrected chi connectivity index (χ1v) is 12.0. The largest absolute Gasteiger partial charge is 0.417 e. The van der Waals surface area contributed by atoms with Crippen LogP contribution < -0.4 is 5.32 Å². The molecule has 1 atom stereocenters. The Morgan fingerprint density at radius 2 is 1.97 bits per heavy atom. The lowest BCUT2D eigenvalue weighted by atomic mass is 10.1. The summed E-state index contributed by atoms with van der Waals surface area (Å²) in [4.78, 5) is 8.36. The smallest absolute Gasteiger partial charge is 0.340 e. The summed E-state index contributed by atoms with van der Waals surface area (Å²) >= 11 is 0. The van der Waals surface area contributed by atoms with Gasteiger partial charge in [0.25, 0.3) is 0 Å². The van der Waals surface area contributed by atoms with Gasteiger partial charge in [0.15, 0.2) is 0 Å². The highest BCUT2D eigenvalue weighted by atomic mass is 32.2. The van der Waals surface area contributed by atoms with Crippen molar-refractivity contribution in [2.75, 3.05) is 18.7 Å². The first-order valence-electron chi connectivity index (χ1n) is 9.74. The Hall–Kier alpha value is -2.49. The number of imidazole rings is 1. The first kappa shape index (κ1) is 22.7. The van der Waals surface area contributed by atoms with E-state index in [4.69, 9.17) is 0 Å². The predicted molar refractivity (Wildman–Crippen MR) is 118 cm³/mol. The number of hydrogen-bond donors (Lipinski definition) is 1. The van der Waals surface area contributed by atoms with Gasteiger partial charge in [-0.25, -0.2) is 18.4 Å². The van der Waals surface area contributed by atoms with E-state index in [1.165, 1.54) is 29.6 Å². The van der Waals surface area contributed by atoms with Gasteiger partial charge in [-0.2, -0.15) is 17.5 Å². The van der Waals surface area contributed by atoms with Gasteiger partial charge in [0.1, 0.15) is 5.82 Å². The zero-order valence-corrected chi connectivity index (χ0v) is 19.0. The van der Waals surface area contributed by atoms with Crippen molar-refractivity contribution in [2.45, 2.75) is 30.0 Å². The number of nitrogens with one attached hydrogen (secondary N) is 1. The molecule has 0 bridgehead atoms. The molecule has 7 nitrogen and oxygen atoms in total. The molecule has 1 saturated carbocycles. The normalized spacial score (nSPS) is 14.7. The van der Waals surface area contributed by atoms with Crippen LogP contribution in [0.5, 0.6) is 0 Å². The summed E-state index contributed by atoms with van der Waals surface area (Å²) in [6.07, 6.45) is 2.15. The third-order valence-electron chi connectivity index (χ3n) is 5.16. The van der Waals surface area contributed by atoms with E-state index >= 15 is 0 Å². The summed E-state index contributed by atoms with van der Waals surface area (Å²) in [5.74, 6) is 0.193. The van der Waals surface area contributed by atoms with Crippen molar-refractivity contribution in [3.05, 3.63) is 54.6 Å². The van der Waals surface area contributed by atoms with Crippen molar-refractivity contribution in [1.29, 1.82) is 0 Å². The minimum atomic E-state index is -4.48. The SMILES string of the molecule is CN(CP)S(=O)(=O)c1ccc(Nc2ccc(C(F)(F)F)cn2)c(-c2cn(C3CC3)cn2)c1. The summed E-state index contributed by atoms with van der Waals surface area (Å²) in [5.41, 5.74) is 0.681. The quantitative estimate of drug-likeness (QED) is 0.501. The maximum atomic E-state index is 12.8. The lowest BCUT2D eigenvalue weighted by Crippen LogP contribution is -2.25. The Balaban J connectivity index is 1.73. The van der Waals surface area contributed by atoms with Crippen molar-refractivity contribution >= 4 is 30.8 Å². The summed E-state index contributed by atoms with van der Waals surface area (Å²) in [6, 6.07) is 7.07. The van der Waals surface area contributed by atoms with E-state index < -0.39 is 21.8 Å². The van der Waals surface area contributed by atoms with E-state index in [2.05, 4.69) is 24.5 Å². The average Bonchev–Trinajstić information content (AvgIpc) is 3.50. The van der Waals surface area contributed by atoms with E-state index in [1.807, 2.05) is 10.8 Å². The third kappa shape index (κ3) is 4.65. The lowest BCUT2D eigenvalue weighted by Gasteiger charge is -2.17. The Bertz CT molecular complexity index is 1220. The van der Waals surface area contributed by atoms with Gasteiger partial charge in [0.05, 0.1) is 22.5 Å². The van der Waals surface area contributed by atoms with Gasteiger partial charge in [-0.05, 0) is 43.2 Å². The molecule has 4 rings (SSSR count). The van der Waals surface area contributed by atoms with Crippen LogP contribution in [0.1, 0.15) is 24.4 Å². The van der Waals surface area contributed by atoms with Gasteiger partial charge in [-0.15, -0.1) is 9.24 Å². The number of pyridine rings is 1. The Morgan fingerprint density at radius 1 is 1.22 bits per heavy atom. The molecule has 1 N–H and O–H groups in total. The van der Waals surface area contributed by atoms with Crippen molar-refractivity contribution in [3.63, 3.8) is 0 Å². The van der Waals surface area contributed by atoms with E-state index in [9.17, 15) is 21.6 Å². The number of halogens is 3. The van der Waals surface area contributed by atoms with Gasteiger partial charge in [-0.3, -0.25) is 0 Å². The van der Waals surface area contributed by atoms with Crippen LogP contribution in [0.2, 0.25) is 0 Å². The molecular formula is C20H21F3N5O2PS. The second kappa shape index (κ2) is 8.46. The predicted octanol–water partition coefficient (Wildman–Crippen LogP) is 4.50. The molecule has 12 heteroatoms. The highest BCUT2D eigenvalue weighted by Crippen LogP contribution is 2.38. The number of aromatic nitrogens is 3. The fourth-order valence-corrected chi connectivity index (χ4v) is 4.76. The van der Waals surface area contributed by atoms with Crippen LogP contribution in [0.3, 0.4) is 0 Å². The molecule has 0 spiro atoms. The molecule has 0 aliphatic heterocycles. The summed E-state index contributed by atoms with van der Waals surface area (Å²) in [5, 5.41) is 2.99. The standard InChI is InChI=1S/C20H21F3N5O2PS/c1-27(12-31)32(29,30)15-5-6-17(26-19-7-2-13(9-24-19)20(21,22)23)16(8-15)18-10-28(11-25-18)14-3-4-14/h2,5-11,14H,3-4,12,31H2,1H3,(H,24,26). The second-order valence-electron chi connectivity index (χ2n) is 7.49. The van der Waals surface area contributed by atoms with Crippen LogP contribution >= 0.6 is 9.24 Å². The maximum Gasteiger partial charge on any atom is 0.417 e. The molecule has 0 radical (unpaired) electrons. The van der Waals surface area contributed by atoms with Crippen LogP contribution in [-0.4, -0.2) is 40.6 Å². The number of sulfonamides is 1. The zero-order chi connectivity index (χ0) is 23.1. The van der Waals surface area contributed by atoms with Crippen LogP contribution in [0, 0.1) is 0 Å². The molecule has 1 aromatic carbocycles. The van der Waals surface area contributed by atoms with Crippen molar-refractivity contribution < 1.29 is 21.6 Å². The second-order valence-corrected chi connectivity index (χ2v) is 9.90. The van der Waals surface area contributed by atoms with E-state index in [1.54, 1.807) is 12.4 Å². The number of benzene rings is 1. The summed E-state index contributed by atoms with van der Waals surface area (Å²) in [7, 11) is 0.119. The molecule has 3 aromatic rings. The van der Waals surface area contributed by atoms with Crippen LogP contribution in [-0.2, 0) is 16.2 Å². The van der Waals surface area contributed by atoms with Crippen LogP contribution in [0.15, 0.2) is 53.9 Å². The molecule has 32 heavy (non-hydrogen) atoms. The molecule has 1 aliphatic rings. The van der Waals surface area contributed by atoms with Crippen molar-refractivity contribution in [1.82, 2.24) is 18.8 Å². The van der Waals surface area contributed by atoms with E-state index in [0.29, 0.717) is 23.0 Å². The minimum Gasteiger partial charge on any atom is -0.340 e. The topological polar surface area (TPSA) is 80.1 Å². The fraction of sp³-hybridized carbons (Fsp3) is 0.300. The summed E-state index contributed by atoms with van der Waals surface area (Å²) < 4.78 is 67.3. The molecular weight excluding hydrogens is 462 g/mol. The molecule has 1 unspecified atom stereocenters. The van der Waals surface area contributed by atoms with Crippen molar-refractivity contribution in [3.8, 4) is 11.3 Å². The van der Waals surface area contributed by atoms with E-state index in [-0.39, 0.29) is 17.0 Å². The zero-order valence-electron chi connectivity index (χ0n) is 17.0. The monoisotopic (exact) mass is 483 g/mol. The maximum absolute atomic E-state index is 12.8. The molecule has 0 saturated heterocycles. The van der Waals surface area contributed by atoms with Gasteiger partial charge in [0, 0.05) is 43.0 Å². The molecule has 2 aromatic heterocycles. The Kier molecular flexibility index (Phi) is 6.00. The van der Waals surface area contributed by atoms with Gasteiger partial charge >= 0.3 is 6.18 Å². The Labute approximate surface area is 185 Å². The van der Waals surface area contributed by atoms with E-state index in [0.717, 1.165) is 25.1 Å². The Morgan fingerprint density at radius 3 is 2.56 bits per heavy atom. The molecule has 2 heterocycles. The lowest BCUT2D eigenvalue weighted by molar-refractivity contribution is -0.137. The minimum absolute atomic E-state index is 0.0874. The number of anilines is 2. The number of hydrogen-bond acceptors (Lipinski definition) is 5.